The van der Waals surface area contributed by atoms with E-state index in [1.807, 2.05) is 28.3 Å². The fourth-order valence-corrected chi connectivity index (χ4v) is 3.50. The second-order valence-electron chi connectivity index (χ2n) is 5.34. The van der Waals surface area contributed by atoms with Gasteiger partial charge in [-0.05, 0) is 17.5 Å². The molecule has 0 aliphatic carbocycles. The van der Waals surface area contributed by atoms with Crippen molar-refractivity contribution in [2.24, 2.45) is 0 Å². The molecule has 0 amide bonds. The second kappa shape index (κ2) is 5.46. The average molecular weight is 299 g/mol. The van der Waals surface area contributed by atoms with Crippen LogP contribution >= 0.6 is 11.3 Å². The zero-order valence-corrected chi connectivity index (χ0v) is 12.5. The summed E-state index contributed by atoms with van der Waals surface area (Å²) in [5, 5.41) is 6.38. The Kier molecular flexibility index (Phi) is 3.33. The van der Waals surface area contributed by atoms with Gasteiger partial charge in [-0.15, -0.1) is 11.3 Å². The normalized spacial score (nSPS) is 15.2. The molecule has 0 unspecified atom stereocenters. The Bertz CT molecular complexity index is 699. The van der Waals surface area contributed by atoms with Crippen molar-refractivity contribution in [1.82, 2.24) is 24.2 Å². The summed E-state index contributed by atoms with van der Waals surface area (Å²) in [4.78, 5) is 8.66. The molecule has 6 heteroatoms. The fourth-order valence-electron chi connectivity index (χ4n) is 2.76. The van der Waals surface area contributed by atoms with E-state index in [0.717, 1.165) is 38.4 Å². The second-order valence-corrected chi connectivity index (χ2v) is 6.37. The molecular weight excluding hydrogens is 282 g/mol. The molecule has 0 N–H and O–H groups in total. The largest absolute Gasteiger partial charge is 0.332 e. The van der Waals surface area contributed by atoms with Crippen molar-refractivity contribution >= 4 is 11.3 Å². The van der Waals surface area contributed by atoms with Crippen LogP contribution in [0.25, 0.3) is 0 Å². The van der Waals surface area contributed by atoms with Crippen LogP contribution in [0.4, 0.5) is 0 Å². The molecule has 4 rings (SSSR count). The molecule has 0 aromatic carbocycles. The minimum atomic E-state index is 0.748. The van der Waals surface area contributed by atoms with Gasteiger partial charge >= 0.3 is 0 Å². The third-order valence-corrected chi connectivity index (χ3v) is 4.64. The summed E-state index contributed by atoms with van der Waals surface area (Å²) in [5.74, 6) is 1.17. The van der Waals surface area contributed by atoms with E-state index in [4.69, 9.17) is 4.98 Å². The van der Waals surface area contributed by atoms with Crippen LogP contribution in [0.2, 0.25) is 0 Å². The first-order chi connectivity index (χ1) is 10.4. The molecule has 5 nitrogen and oxygen atoms in total. The monoisotopic (exact) mass is 299 g/mol. The molecular formula is C15H17N5S. The highest BCUT2D eigenvalue weighted by atomic mass is 32.1. The maximum Gasteiger partial charge on any atom is 0.123 e. The molecule has 0 radical (unpaired) electrons. The number of imidazole rings is 1. The summed E-state index contributed by atoms with van der Waals surface area (Å²) in [6, 6.07) is 6.26. The standard InChI is InChI=1S/C15H17N5S/c1-3-14(21-8-1)11-18-6-7-19-9-13(17-15(19)12-18)10-20-5-2-4-16-20/h1-5,8-9H,6-7,10-12H2. The summed E-state index contributed by atoms with van der Waals surface area (Å²) in [5.41, 5.74) is 1.09. The van der Waals surface area contributed by atoms with E-state index in [1.165, 1.54) is 10.7 Å². The zero-order chi connectivity index (χ0) is 14.1. The third kappa shape index (κ3) is 2.77. The van der Waals surface area contributed by atoms with E-state index in [0.29, 0.717) is 0 Å². The van der Waals surface area contributed by atoms with Gasteiger partial charge in [0, 0.05) is 43.1 Å². The predicted octanol–water partition coefficient (Wildman–Crippen LogP) is 2.21. The van der Waals surface area contributed by atoms with Gasteiger partial charge in [0.15, 0.2) is 0 Å². The van der Waals surface area contributed by atoms with Crippen LogP contribution in [0.5, 0.6) is 0 Å². The molecule has 4 heterocycles. The number of thiophene rings is 1. The van der Waals surface area contributed by atoms with Crippen LogP contribution in [0.3, 0.4) is 0 Å². The van der Waals surface area contributed by atoms with E-state index < -0.39 is 0 Å². The lowest BCUT2D eigenvalue weighted by atomic mass is 10.3. The molecule has 0 spiro atoms. The van der Waals surface area contributed by atoms with Gasteiger partial charge in [0.2, 0.25) is 0 Å². The SMILES string of the molecule is c1csc(CN2CCn3cc(Cn4cccn4)nc3C2)c1. The Balaban J connectivity index is 1.46. The third-order valence-electron chi connectivity index (χ3n) is 3.77. The number of hydrogen-bond acceptors (Lipinski definition) is 4. The first-order valence-corrected chi connectivity index (χ1v) is 8.02. The van der Waals surface area contributed by atoms with Gasteiger partial charge in [-0.25, -0.2) is 4.98 Å². The van der Waals surface area contributed by atoms with Gasteiger partial charge in [0.1, 0.15) is 5.82 Å². The van der Waals surface area contributed by atoms with Crippen LogP contribution in [-0.2, 0) is 26.2 Å². The average Bonchev–Trinajstić information content (AvgIpc) is 3.19. The van der Waals surface area contributed by atoms with Crippen LogP contribution in [-0.4, -0.2) is 30.8 Å². The van der Waals surface area contributed by atoms with Crippen LogP contribution in [0.15, 0.2) is 42.2 Å². The Morgan fingerprint density at radius 2 is 2.19 bits per heavy atom. The van der Waals surface area contributed by atoms with Gasteiger partial charge < -0.3 is 4.57 Å². The lowest BCUT2D eigenvalue weighted by Crippen LogP contribution is -2.32. The quantitative estimate of drug-likeness (QED) is 0.741. The van der Waals surface area contributed by atoms with Gasteiger partial charge in [0.25, 0.3) is 0 Å². The van der Waals surface area contributed by atoms with E-state index in [-0.39, 0.29) is 0 Å². The van der Waals surface area contributed by atoms with Gasteiger partial charge in [0.05, 0.1) is 18.8 Å². The molecule has 1 aliphatic heterocycles. The number of nitrogens with zero attached hydrogens (tertiary/aromatic N) is 5. The highest BCUT2D eigenvalue weighted by Gasteiger charge is 2.19. The van der Waals surface area contributed by atoms with Crippen molar-refractivity contribution in [2.45, 2.75) is 26.2 Å². The maximum absolute atomic E-state index is 4.77. The molecule has 1 aliphatic rings. The molecule has 3 aromatic heterocycles. The molecule has 0 bridgehead atoms. The number of fused-ring (bicyclic) bond motifs is 1. The van der Waals surface area contributed by atoms with Gasteiger partial charge in [-0.1, -0.05) is 6.07 Å². The Morgan fingerprint density at radius 3 is 3.00 bits per heavy atom. The summed E-state index contributed by atoms with van der Waals surface area (Å²) in [6.45, 7) is 4.81. The predicted molar refractivity (Wildman–Crippen MR) is 82.0 cm³/mol. The zero-order valence-electron chi connectivity index (χ0n) is 11.7. The van der Waals surface area contributed by atoms with Crippen molar-refractivity contribution in [3.05, 3.63) is 58.6 Å². The molecule has 0 atom stereocenters. The van der Waals surface area contributed by atoms with E-state index in [1.54, 1.807) is 6.20 Å². The lowest BCUT2D eigenvalue weighted by Gasteiger charge is -2.26. The Morgan fingerprint density at radius 1 is 1.19 bits per heavy atom. The first-order valence-electron chi connectivity index (χ1n) is 7.14. The van der Waals surface area contributed by atoms with E-state index >= 15 is 0 Å². The highest BCUT2D eigenvalue weighted by molar-refractivity contribution is 7.09. The number of aromatic nitrogens is 4. The van der Waals surface area contributed by atoms with Gasteiger partial charge in [-0.3, -0.25) is 9.58 Å². The van der Waals surface area contributed by atoms with Crippen molar-refractivity contribution in [3.8, 4) is 0 Å². The fraction of sp³-hybridized carbons (Fsp3) is 0.333. The molecule has 3 aromatic rings. The lowest BCUT2D eigenvalue weighted by molar-refractivity contribution is 0.210. The summed E-state index contributed by atoms with van der Waals surface area (Å²) in [6.07, 6.45) is 5.94. The number of rotatable bonds is 4. The highest BCUT2D eigenvalue weighted by Crippen LogP contribution is 2.18. The van der Waals surface area contributed by atoms with Crippen LogP contribution in [0.1, 0.15) is 16.4 Å². The molecule has 108 valence electrons. The smallest absolute Gasteiger partial charge is 0.123 e. The van der Waals surface area contributed by atoms with Crippen molar-refractivity contribution in [3.63, 3.8) is 0 Å². The number of hydrogen-bond donors (Lipinski definition) is 0. The Labute approximate surface area is 127 Å². The van der Waals surface area contributed by atoms with Crippen molar-refractivity contribution in [2.75, 3.05) is 6.54 Å². The molecule has 21 heavy (non-hydrogen) atoms. The molecule has 0 fully saturated rings. The summed E-state index contributed by atoms with van der Waals surface area (Å²) in [7, 11) is 0. The summed E-state index contributed by atoms with van der Waals surface area (Å²) < 4.78 is 4.20. The van der Waals surface area contributed by atoms with Crippen molar-refractivity contribution in [1.29, 1.82) is 0 Å². The minimum absolute atomic E-state index is 0.748. The van der Waals surface area contributed by atoms with Crippen molar-refractivity contribution < 1.29 is 0 Å². The van der Waals surface area contributed by atoms with E-state index in [2.05, 4.69) is 38.3 Å². The summed E-state index contributed by atoms with van der Waals surface area (Å²) >= 11 is 1.83. The minimum Gasteiger partial charge on any atom is -0.332 e. The topological polar surface area (TPSA) is 38.9 Å². The molecule has 0 saturated heterocycles. The van der Waals surface area contributed by atoms with E-state index in [9.17, 15) is 0 Å². The Hall–Kier alpha value is -1.92. The van der Waals surface area contributed by atoms with Crippen LogP contribution < -0.4 is 0 Å². The first kappa shape index (κ1) is 12.8. The van der Waals surface area contributed by atoms with Gasteiger partial charge in [-0.2, -0.15) is 5.10 Å². The maximum atomic E-state index is 4.77. The molecule has 0 saturated carbocycles. The van der Waals surface area contributed by atoms with Crippen LogP contribution in [0, 0.1) is 0 Å².